The average Bonchev–Trinajstić information content (AvgIpc) is 2.29. The van der Waals surface area contributed by atoms with Gasteiger partial charge in [0.05, 0.1) is 26.4 Å². The first-order valence-corrected chi connectivity index (χ1v) is 5.83. The highest BCUT2D eigenvalue weighted by Crippen LogP contribution is 2.11. The van der Waals surface area contributed by atoms with E-state index in [2.05, 4.69) is 15.9 Å². The third-order valence-electron chi connectivity index (χ3n) is 1.92. The second kappa shape index (κ2) is 6.82. The first kappa shape index (κ1) is 12.5. The number of hydrogen-bond donors (Lipinski definition) is 1. The van der Waals surface area contributed by atoms with Crippen LogP contribution >= 0.6 is 15.9 Å². The predicted molar refractivity (Wildman–Crippen MR) is 62.5 cm³/mol. The van der Waals surface area contributed by atoms with Crippen LogP contribution in [0.4, 0.5) is 0 Å². The Kier molecular flexibility index (Phi) is 5.68. The molecule has 0 bridgehead atoms. The van der Waals surface area contributed by atoms with Crippen molar-refractivity contribution in [3.05, 3.63) is 29.8 Å². The summed E-state index contributed by atoms with van der Waals surface area (Å²) in [6.45, 7) is 0.853. The van der Waals surface area contributed by atoms with E-state index in [1.807, 2.05) is 24.3 Å². The molecule has 0 aliphatic carbocycles. The zero-order chi connectivity index (χ0) is 11.1. The smallest absolute Gasteiger partial charge is 0.118 e. The Hall–Kier alpha value is -0.580. The fourth-order valence-electron chi connectivity index (χ4n) is 1.08. The van der Waals surface area contributed by atoms with Gasteiger partial charge >= 0.3 is 0 Å². The van der Waals surface area contributed by atoms with Gasteiger partial charge in [-0.15, -0.1) is 0 Å². The third kappa shape index (κ3) is 4.64. The molecule has 0 amide bonds. The van der Waals surface area contributed by atoms with Crippen molar-refractivity contribution in [2.45, 2.75) is 12.7 Å². The van der Waals surface area contributed by atoms with E-state index in [0.29, 0.717) is 18.5 Å². The van der Waals surface area contributed by atoms with Crippen LogP contribution in [0, 0.1) is 0 Å². The van der Waals surface area contributed by atoms with Crippen molar-refractivity contribution < 1.29 is 14.6 Å². The van der Waals surface area contributed by atoms with E-state index in [0.717, 1.165) is 11.3 Å². The quantitative estimate of drug-likeness (QED) is 0.807. The molecule has 0 aliphatic heterocycles. The van der Waals surface area contributed by atoms with Gasteiger partial charge < -0.3 is 14.6 Å². The summed E-state index contributed by atoms with van der Waals surface area (Å²) in [6.07, 6.45) is -0.441. The molecular formula is C11H15BrO3. The minimum atomic E-state index is -0.441. The molecule has 0 aromatic heterocycles. The van der Waals surface area contributed by atoms with Crippen molar-refractivity contribution in [3.63, 3.8) is 0 Å². The van der Waals surface area contributed by atoms with Gasteiger partial charge in [-0.05, 0) is 17.7 Å². The highest BCUT2D eigenvalue weighted by atomic mass is 79.9. The standard InChI is InChI=1S/C11H15BrO3/c1-14-11-4-2-9(3-5-11)7-15-8-10(13)6-12/h2-5,10,13H,6-8H2,1H3. The van der Waals surface area contributed by atoms with E-state index in [-0.39, 0.29) is 0 Å². The van der Waals surface area contributed by atoms with Crippen LogP contribution in [-0.2, 0) is 11.3 Å². The van der Waals surface area contributed by atoms with Gasteiger partial charge in [-0.25, -0.2) is 0 Å². The van der Waals surface area contributed by atoms with Crippen molar-refractivity contribution >= 4 is 15.9 Å². The first-order valence-electron chi connectivity index (χ1n) is 4.71. The summed E-state index contributed by atoms with van der Waals surface area (Å²) in [5, 5.41) is 9.76. The Morgan fingerprint density at radius 1 is 1.33 bits per heavy atom. The molecule has 1 aromatic rings. The maximum absolute atomic E-state index is 9.23. The van der Waals surface area contributed by atoms with Crippen molar-refractivity contribution in [1.82, 2.24) is 0 Å². The number of alkyl halides is 1. The molecule has 0 spiro atoms. The summed E-state index contributed by atoms with van der Waals surface area (Å²) < 4.78 is 10.4. The maximum atomic E-state index is 9.23. The Morgan fingerprint density at radius 2 is 2.00 bits per heavy atom. The van der Waals surface area contributed by atoms with Crippen LogP contribution in [-0.4, -0.2) is 30.3 Å². The highest BCUT2D eigenvalue weighted by Gasteiger charge is 2.01. The van der Waals surface area contributed by atoms with Gasteiger partial charge in [-0.3, -0.25) is 0 Å². The lowest BCUT2D eigenvalue weighted by Gasteiger charge is -2.08. The lowest BCUT2D eigenvalue weighted by atomic mass is 10.2. The predicted octanol–water partition coefficient (Wildman–Crippen LogP) is 1.97. The zero-order valence-corrected chi connectivity index (χ0v) is 10.2. The molecular weight excluding hydrogens is 260 g/mol. The van der Waals surface area contributed by atoms with Crippen LogP contribution in [0.1, 0.15) is 5.56 Å². The topological polar surface area (TPSA) is 38.7 Å². The van der Waals surface area contributed by atoms with E-state index in [9.17, 15) is 5.11 Å². The van der Waals surface area contributed by atoms with Gasteiger partial charge in [0.2, 0.25) is 0 Å². The van der Waals surface area contributed by atoms with Crippen molar-refractivity contribution in [1.29, 1.82) is 0 Å². The van der Waals surface area contributed by atoms with E-state index in [1.165, 1.54) is 0 Å². The van der Waals surface area contributed by atoms with Gasteiger partial charge in [0.25, 0.3) is 0 Å². The van der Waals surface area contributed by atoms with Crippen LogP contribution in [0.25, 0.3) is 0 Å². The van der Waals surface area contributed by atoms with Crippen LogP contribution < -0.4 is 4.74 Å². The van der Waals surface area contributed by atoms with Gasteiger partial charge in [0.1, 0.15) is 5.75 Å². The number of aliphatic hydroxyl groups excluding tert-OH is 1. The highest BCUT2D eigenvalue weighted by molar-refractivity contribution is 9.09. The van der Waals surface area contributed by atoms with E-state index < -0.39 is 6.10 Å². The molecule has 0 saturated carbocycles. The maximum Gasteiger partial charge on any atom is 0.118 e. The number of benzene rings is 1. The molecule has 1 N–H and O–H groups in total. The molecule has 84 valence electrons. The van der Waals surface area contributed by atoms with Crippen molar-refractivity contribution in [3.8, 4) is 5.75 Å². The summed E-state index contributed by atoms with van der Waals surface area (Å²) >= 11 is 3.17. The number of hydrogen-bond acceptors (Lipinski definition) is 3. The van der Waals surface area contributed by atoms with Gasteiger partial charge in [-0.1, -0.05) is 28.1 Å². The van der Waals surface area contributed by atoms with Gasteiger partial charge in [-0.2, -0.15) is 0 Å². The number of halogens is 1. The summed E-state index contributed by atoms with van der Waals surface area (Å²) in [5.74, 6) is 0.833. The van der Waals surface area contributed by atoms with Crippen LogP contribution in [0.15, 0.2) is 24.3 Å². The fourth-order valence-corrected chi connectivity index (χ4v) is 1.27. The van der Waals surface area contributed by atoms with Crippen molar-refractivity contribution in [2.24, 2.45) is 0 Å². The fraction of sp³-hybridized carbons (Fsp3) is 0.455. The average molecular weight is 275 g/mol. The SMILES string of the molecule is COc1ccc(COCC(O)CBr)cc1. The Morgan fingerprint density at radius 3 is 2.53 bits per heavy atom. The normalized spacial score (nSPS) is 12.5. The Bertz CT molecular complexity index is 274. The number of methoxy groups -OCH3 is 1. The van der Waals surface area contributed by atoms with Gasteiger partial charge in [0.15, 0.2) is 0 Å². The molecule has 1 aromatic carbocycles. The van der Waals surface area contributed by atoms with Crippen LogP contribution in [0.3, 0.4) is 0 Å². The van der Waals surface area contributed by atoms with Gasteiger partial charge in [0, 0.05) is 5.33 Å². The van der Waals surface area contributed by atoms with E-state index >= 15 is 0 Å². The largest absolute Gasteiger partial charge is 0.497 e. The third-order valence-corrected chi connectivity index (χ3v) is 2.66. The summed E-state index contributed by atoms with van der Waals surface area (Å²) in [4.78, 5) is 0. The summed E-state index contributed by atoms with van der Waals surface area (Å²) in [6, 6.07) is 7.66. The first-order chi connectivity index (χ1) is 7.26. The summed E-state index contributed by atoms with van der Waals surface area (Å²) in [7, 11) is 1.64. The minimum absolute atomic E-state index is 0.345. The Labute approximate surface area is 98.1 Å². The molecule has 0 aliphatic rings. The molecule has 4 heteroatoms. The molecule has 3 nitrogen and oxygen atoms in total. The lowest BCUT2D eigenvalue weighted by molar-refractivity contribution is 0.0403. The minimum Gasteiger partial charge on any atom is -0.497 e. The molecule has 0 saturated heterocycles. The molecule has 15 heavy (non-hydrogen) atoms. The van der Waals surface area contributed by atoms with E-state index in [4.69, 9.17) is 9.47 Å². The molecule has 0 fully saturated rings. The second-order valence-corrected chi connectivity index (χ2v) is 3.82. The van der Waals surface area contributed by atoms with E-state index in [1.54, 1.807) is 7.11 Å². The molecule has 0 radical (unpaired) electrons. The molecule has 0 heterocycles. The number of ether oxygens (including phenoxy) is 2. The zero-order valence-electron chi connectivity index (χ0n) is 8.65. The van der Waals surface area contributed by atoms with Crippen LogP contribution in [0.2, 0.25) is 0 Å². The second-order valence-electron chi connectivity index (χ2n) is 3.17. The Balaban J connectivity index is 2.31. The molecule has 1 rings (SSSR count). The number of aliphatic hydroxyl groups is 1. The van der Waals surface area contributed by atoms with Crippen molar-refractivity contribution in [2.75, 3.05) is 19.0 Å². The molecule has 1 unspecified atom stereocenters. The number of rotatable bonds is 6. The lowest BCUT2D eigenvalue weighted by Crippen LogP contribution is -2.16. The monoisotopic (exact) mass is 274 g/mol. The summed E-state index contributed by atoms with van der Waals surface area (Å²) in [5.41, 5.74) is 1.07. The molecule has 1 atom stereocenters. The van der Waals surface area contributed by atoms with Crippen LogP contribution in [0.5, 0.6) is 5.75 Å².